The number of benzene rings is 3. The topological polar surface area (TPSA) is 78.0 Å². The van der Waals surface area contributed by atoms with Gasteiger partial charge in [-0.25, -0.2) is 9.78 Å². The van der Waals surface area contributed by atoms with Gasteiger partial charge in [-0.15, -0.1) is 4.31 Å². The molecule has 52 heavy (non-hydrogen) atoms. The summed E-state index contributed by atoms with van der Waals surface area (Å²) < 4.78 is 29.0. The first-order chi connectivity index (χ1) is 25.0. The van der Waals surface area contributed by atoms with Crippen LogP contribution in [0.3, 0.4) is 0 Å². The molecule has 2 heterocycles. The van der Waals surface area contributed by atoms with E-state index < -0.39 is 25.6 Å². The van der Waals surface area contributed by atoms with E-state index in [1.54, 1.807) is 6.92 Å². The van der Waals surface area contributed by atoms with Gasteiger partial charge in [-0.2, -0.15) is 0 Å². The molecule has 4 aromatic rings. The Hall–Kier alpha value is -3.75. The summed E-state index contributed by atoms with van der Waals surface area (Å²) in [5, 5.41) is 2.26. The van der Waals surface area contributed by atoms with E-state index >= 15 is 0 Å². The van der Waals surface area contributed by atoms with E-state index in [1.165, 1.54) is 10.4 Å². The molecule has 0 spiro atoms. The van der Waals surface area contributed by atoms with Gasteiger partial charge in [0.25, 0.3) is 8.32 Å². The van der Waals surface area contributed by atoms with Crippen LogP contribution in [0.2, 0.25) is 5.04 Å². The van der Waals surface area contributed by atoms with Crippen LogP contribution < -0.4 is 10.4 Å². The number of carbonyl (C=O) groups excluding carboxylic acids is 1. The van der Waals surface area contributed by atoms with Crippen LogP contribution in [0.1, 0.15) is 87.1 Å². The van der Waals surface area contributed by atoms with E-state index in [0.29, 0.717) is 37.6 Å². The minimum atomic E-state index is -2.81. The van der Waals surface area contributed by atoms with E-state index in [9.17, 15) is 9.35 Å². The summed E-state index contributed by atoms with van der Waals surface area (Å²) in [5.74, 6) is 6.62. The zero-order valence-electron chi connectivity index (χ0n) is 31.8. The Bertz CT molecular complexity index is 1810. The smallest absolute Gasteiger partial charge is 0.356 e. The van der Waals surface area contributed by atoms with Gasteiger partial charge in [-0.05, 0) is 73.0 Å². The lowest BCUT2D eigenvalue weighted by molar-refractivity contribution is 0.0519. The fourth-order valence-corrected chi connectivity index (χ4v) is 13.2. The largest absolute Gasteiger partial charge is 0.598 e. The van der Waals surface area contributed by atoms with Crippen LogP contribution in [0.5, 0.6) is 0 Å². The molecule has 274 valence electrons. The molecule has 0 amide bonds. The number of esters is 1. The lowest BCUT2D eigenvalue weighted by Crippen LogP contribution is -2.66. The van der Waals surface area contributed by atoms with Crippen molar-refractivity contribution in [1.29, 1.82) is 0 Å². The van der Waals surface area contributed by atoms with Crippen LogP contribution in [0.4, 0.5) is 0 Å². The molecule has 0 saturated heterocycles. The molecule has 0 radical (unpaired) electrons. The molecule has 3 aromatic carbocycles. The summed E-state index contributed by atoms with van der Waals surface area (Å²) in [5.41, 5.74) is 4.60. The molecular weight excluding hydrogens is 683 g/mol. The standard InChI is InChI=1S/C43H53N3O4SSi/c1-8-10-29-51(48)46-32-35-31-38(42(47)49-9-2)44-41(34-21-17-19-33(30-34)20-18-27-45(6)7)40(35)39(46)26-28-50-52(43(3,4)5,36-22-13-11-14-23-36)37-24-15-12-16-25-37/h11-17,19,21-25,30-31,39H,8-10,26-29,32H2,1-7H3/t39-,51-/m1/s1. The van der Waals surface area contributed by atoms with Gasteiger partial charge in [-0.3, -0.25) is 4.90 Å². The summed E-state index contributed by atoms with van der Waals surface area (Å²) in [6.07, 6.45) is 2.42. The van der Waals surface area contributed by atoms with Crippen molar-refractivity contribution in [1.82, 2.24) is 14.2 Å². The second kappa shape index (κ2) is 17.8. The molecule has 0 unspecified atom stereocenters. The van der Waals surface area contributed by atoms with E-state index in [0.717, 1.165) is 35.1 Å². The van der Waals surface area contributed by atoms with Crippen LogP contribution in [0.25, 0.3) is 11.3 Å². The van der Waals surface area contributed by atoms with Gasteiger partial charge in [0.1, 0.15) is 11.4 Å². The van der Waals surface area contributed by atoms with E-state index in [2.05, 4.69) is 105 Å². The first kappa shape index (κ1) is 39.5. The predicted molar refractivity (Wildman–Crippen MR) is 215 cm³/mol. The van der Waals surface area contributed by atoms with Gasteiger partial charge in [0, 0.05) is 34.7 Å². The molecular formula is C43H53N3O4SSi. The molecule has 0 aliphatic carbocycles. The summed E-state index contributed by atoms with van der Waals surface area (Å²) in [6.45, 7) is 12.5. The van der Waals surface area contributed by atoms with Crippen LogP contribution >= 0.6 is 0 Å². The molecule has 0 bridgehead atoms. The molecule has 2 atom stereocenters. The molecule has 7 nitrogen and oxygen atoms in total. The third kappa shape index (κ3) is 8.88. The highest BCUT2D eigenvalue weighted by atomic mass is 32.2. The first-order valence-corrected chi connectivity index (χ1v) is 21.5. The van der Waals surface area contributed by atoms with Crippen molar-refractivity contribution in [3.05, 3.63) is 113 Å². The van der Waals surface area contributed by atoms with Crippen molar-refractivity contribution in [2.24, 2.45) is 0 Å². The number of carbonyl (C=O) groups is 1. The zero-order valence-corrected chi connectivity index (χ0v) is 33.6. The number of pyridine rings is 1. The van der Waals surface area contributed by atoms with Gasteiger partial charge in [0.05, 0.1) is 31.4 Å². The maximum Gasteiger partial charge on any atom is 0.356 e. The fraction of sp³-hybridized carbons (Fsp3) is 0.395. The average Bonchev–Trinajstić information content (AvgIpc) is 3.50. The van der Waals surface area contributed by atoms with Gasteiger partial charge in [0.15, 0.2) is 0 Å². The van der Waals surface area contributed by atoms with Crippen molar-refractivity contribution in [2.45, 2.75) is 71.5 Å². The molecule has 0 saturated carbocycles. The van der Waals surface area contributed by atoms with E-state index in [4.69, 9.17) is 14.1 Å². The Labute approximate surface area is 315 Å². The quantitative estimate of drug-likeness (QED) is 0.0591. The zero-order chi connectivity index (χ0) is 37.3. The highest BCUT2D eigenvalue weighted by Gasteiger charge is 2.50. The van der Waals surface area contributed by atoms with Crippen LogP contribution in [-0.4, -0.2) is 72.6 Å². The monoisotopic (exact) mass is 735 g/mol. The minimum absolute atomic E-state index is 0.178. The first-order valence-electron chi connectivity index (χ1n) is 18.3. The molecule has 1 aliphatic rings. The van der Waals surface area contributed by atoms with Gasteiger partial charge in [-0.1, -0.05) is 119 Å². The summed E-state index contributed by atoms with van der Waals surface area (Å²) in [7, 11) is 1.17. The number of unbranched alkanes of at least 4 members (excludes halogenated alkanes) is 1. The number of nitrogens with zero attached hydrogens (tertiary/aromatic N) is 3. The summed E-state index contributed by atoms with van der Waals surface area (Å²) in [6, 6.07) is 30.9. The molecule has 1 aliphatic heterocycles. The summed E-state index contributed by atoms with van der Waals surface area (Å²) >= 11 is -1.25. The number of hydrogen-bond acceptors (Lipinski definition) is 7. The van der Waals surface area contributed by atoms with Crippen molar-refractivity contribution >= 4 is 36.0 Å². The van der Waals surface area contributed by atoms with Crippen LogP contribution in [-0.2, 0) is 27.1 Å². The van der Waals surface area contributed by atoms with Crippen LogP contribution in [0, 0.1) is 11.8 Å². The Balaban J connectivity index is 1.61. The lowest BCUT2D eigenvalue weighted by Gasteiger charge is -2.43. The second-order valence-electron chi connectivity index (χ2n) is 14.5. The Kier molecular flexibility index (Phi) is 13.5. The molecule has 0 N–H and O–H groups in total. The number of fused-ring (bicyclic) bond motifs is 1. The molecule has 0 fully saturated rings. The highest BCUT2D eigenvalue weighted by molar-refractivity contribution is 7.89. The number of rotatable bonds is 14. The SMILES string of the molecule is CCCC[S@@+]([O-])N1Cc2cc(C(=O)OCC)nc(-c3cccc(C#CCN(C)C)c3)c2[C@H]1CCO[Si](c1ccccc1)(c1ccccc1)C(C)(C)C. The van der Waals surface area contributed by atoms with Gasteiger partial charge < -0.3 is 13.7 Å². The number of aromatic nitrogens is 1. The normalized spacial score (nSPS) is 15.2. The van der Waals surface area contributed by atoms with Gasteiger partial charge >= 0.3 is 5.97 Å². The minimum Gasteiger partial charge on any atom is -0.598 e. The average molecular weight is 736 g/mol. The van der Waals surface area contributed by atoms with E-state index in [-0.39, 0.29) is 23.4 Å². The van der Waals surface area contributed by atoms with E-state index in [1.807, 2.05) is 49.3 Å². The predicted octanol–water partition coefficient (Wildman–Crippen LogP) is 7.13. The van der Waals surface area contributed by atoms with Crippen LogP contribution in [0.15, 0.2) is 91.0 Å². The fourth-order valence-electron chi connectivity index (χ4n) is 7.08. The Morgan fingerprint density at radius 3 is 2.27 bits per heavy atom. The molecule has 5 rings (SSSR count). The van der Waals surface area contributed by atoms with Crippen molar-refractivity contribution in [3.8, 4) is 23.1 Å². The van der Waals surface area contributed by atoms with Crippen molar-refractivity contribution in [2.75, 3.05) is 39.6 Å². The third-order valence-electron chi connectivity index (χ3n) is 9.46. The maximum absolute atomic E-state index is 14.1. The number of hydrogen-bond donors (Lipinski definition) is 0. The maximum atomic E-state index is 14.1. The van der Waals surface area contributed by atoms with Gasteiger partial charge in [0.2, 0.25) is 0 Å². The molecule has 1 aromatic heterocycles. The lowest BCUT2D eigenvalue weighted by atomic mass is 9.95. The van der Waals surface area contributed by atoms with Crippen molar-refractivity contribution in [3.63, 3.8) is 0 Å². The third-order valence-corrected chi connectivity index (χ3v) is 16.0. The Morgan fingerprint density at radius 2 is 1.67 bits per heavy atom. The summed E-state index contributed by atoms with van der Waals surface area (Å²) in [4.78, 5) is 20.2. The Morgan fingerprint density at radius 1 is 1.00 bits per heavy atom. The highest BCUT2D eigenvalue weighted by Crippen LogP contribution is 2.44. The second-order valence-corrected chi connectivity index (χ2v) is 20.4. The van der Waals surface area contributed by atoms with Crippen molar-refractivity contribution < 1.29 is 18.5 Å². The number of ether oxygens (including phenoxy) is 1. The molecule has 9 heteroatoms.